The Bertz CT molecular complexity index is 1470. The molecule has 2 aliphatic heterocycles. The van der Waals surface area contributed by atoms with Gasteiger partial charge in [0.1, 0.15) is 5.82 Å². The van der Waals surface area contributed by atoms with Crippen molar-refractivity contribution in [3.05, 3.63) is 75.5 Å². The van der Waals surface area contributed by atoms with E-state index in [9.17, 15) is 36.7 Å². The summed E-state index contributed by atoms with van der Waals surface area (Å²) in [6.07, 6.45) is -4.87. The van der Waals surface area contributed by atoms with Gasteiger partial charge >= 0.3 is 12.0 Å². The number of nitrogens with one attached hydrogen (secondary N) is 1. The molecule has 5 rings (SSSR count). The van der Waals surface area contributed by atoms with E-state index in [2.05, 4.69) is 10.2 Å². The molecule has 8 nitrogen and oxygen atoms in total. The second kappa shape index (κ2) is 8.54. The molecule has 0 radical (unpaired) electrons. The van der Waals surface area contributed by atoms with Gasteiger partial charge in [-0.25, -0.2) is 9.49 Å². The van der Waals surface area contributed by atoms with Crippen LogP contribution in [-0.2, 0) is 16.0 Å². The number of carbonyl (C=O) groups is 3. The van der Waals surface area contributed by atoms with Crippen molar-refractivity contribution in [3.63, 3.8) is 0 Å². The SMILES string of the molecule is O=C(C(=O)C(F)(F)F)N1C[C@@H]2C[C@H]1CN2C(=O)c1cc(Cc2n[nH]c(=O)c3ccccc23)ccc1F. The number of amides is 2. The molecule has 2 aliphatic rings. The second-order valence-corrected chi connectivity index (χ2v) is 8.82. The third-order valence-electron chi connectivity index (χ3n) is 6.62. The van der Waals surface area contributed by atoms with Crippen LogP contribution in [0.4, 0.5) is 17.6 Å². The Morgan fingerprint density at radius 2 is 1.67 bits per heavy atom. The predicted molar refractivity (Wildman–Crippen MR) is 118 cm³/mol. The van der Waals surface area contributed by atoms with Crippen molar-refractivity contribution in [2.45, 2.75) is 31.1 Å². The number of aromatic nitrogens is 2. The van der Waals surface area contributed by atoms with Crippen LogP contribution >= 0.6 is 0 Å². The van der Waals surface area contributed by atoms with Crippen LogP contribution in [0.5, 0.6) is 0 Å². The highest BCUT2D eigenvalue weighted by Gasteiger charge is 2.53. The van der Waals surface area contributed by atoms with Crippen LogP contribution in [0.15, 0.2) is 47.3 Å². The molecule has 0 unspecified atom stereocenters. The number of piperazine rings is 1. The second-order valence-electron chi connectivity index (χ2n) is 8.82. The lowest BCUT2D eigenvalue weighted by molar-refractivity contribution is -0.179. The van der Waals surface area contributed by atoms with Gasteiger partial charge in [-0.05, 0) is 30.2 Å². The van der Waals surface area contributed by atoms with E-state index >= 15 is 0 Å². The van der Waals surface area contributed by atoms with E-state index in [1.54, 1.807) is 24.3 Å². The van der Waals surface area contributed by atoms with Gasteiger partial charge in [-0.3, -0.25) is 19.2 Å². The summed E-state index contributed by atoms with van der Waals surface area (Å²) in [7, 11) is 0. The summed E-state index contributed by atoms with van der Waals surface area (Å²) < 4.78 is 52.6. The zero-order chi connectivity index (χ0) is 25.8. The van der Waals surface area contributed by atoms with Gasteiger partial charge in [0.05, 0.1) is 28.7 Å². The normalized spacial score (nSPS) is 19.2. The first-order valence-electron chi connectivity index (χ1n) is 11.0. The monoisotopic (exact) mass is 502 g/mol. The lowest BCUT2D eigenvalue weighted by Crippen LogP contribution is -2.54. The number of aromatic amines is 1. The van der Waals surface area contributed by atoms with Gasteiger partial charge in [-0.1, -0.05) is 24.3 Å². The number of nitrogens with zero attached hydrogens (tertiary/aromatic N) is 3. The summed E-state index contributed by atoms with van der Waals surface area (Å²) in [6.45, 7) is -0.332. The standard InChI is InChI=1S/C24H18F4N4O4/c25-18-6-5-12(8-19-15-3-1-2-4-16(15)21(34)30-29-19)7-17(18)22(35)31-10-14-9-13(31)11-32(14)23(36)20(33)24(26,27)28/h1-7,13-14H,8-11H2,(H,30,34)/t13-,14-/m0/s1. The Balaban J connectivity index is 1.35. The topological polar surface area (TPSA) is 103 Å². The number of fused-ring (bicyclic) bond motifs is 3. The highest BCUT2D eigenvalue weighted by Crippen LogP contribution is 2.33. The molecule has 1 aromatic heterocycles. The zero-order valence-electron chi connectivity index (χ0n) is 18.5. The molecule has 2 amide bonds. The van der Waals surface area contributed by atoms with Gasteiger partial charge in [0, 0.05) is 24.9 Å². The van der Waals surface area contributed by atoms with Crippen LogP contribution in [0.25, 0.3) is 10.8 Å². The number of H-pyrrole nitrogens is 1. The molecule has 36 heavy (non-hydrogen) atoms. The van der Waals surface area contributed by atoms with Crippen LogP contribution in [-0.4, -0.2) is 68.9 Å². The summed E-state index contributed by atoms with van der Waals surface area (Å²) in [6, 6.07) is 9.49. The molecular formula is C24H18F4N4O4. The van der Waals surface area contributed by atoms with E-state index in [0.717, 1.165) is 11.0 Å². The highest BCUT2D eigenvalue weighted by molar-refractivity contribution is 6.38. The van der Waals surface area contributed by atoms with Crippen molar-refractivity contribution in [1.29, 1.82) is 0 Å². The lowest BCUT2D eigenvalue weighted by Gasteiger charge is -2.34. The van der Waals surface area contributed by atoms with Gasteiger partial charge in [-0.2, -0.15) is 18.3 Å². The van der Waals surface area contributed by atoms with Crippen molar-refractivity contribution in [2.75, 3.05) is 13.1 Å². The van der Waals surface area contributed by atoms with Crippen LogP contribution < -0.4 is 5.56 Å². The van der Waals surface area contributed by atoms with E-state index < -0.39 is 41.7 Å². The van der Waals surface area contributed by atoms with E-state index in [4.69, 9.17) is 0 Å². The van der Waals surface area contributed by atoms with Gasteiger partial charge in [0.2, 0.25) is 0 Å². The molecule has 2 bridgehead atoms. The molecule has 3 heterocycles. The quantitative estimate of drug-likeness (QED) is 0.435. The van der Waals surface area contributed by atoms with E-state index in [0.29, 0.717) is 22.0 Å². The summed E-state index contributed by atoms with van der Waals surface area (Å²) in [5.41, 5.74) is 0.510. The fourth-order valence-electron chi connectivity index (χ4n) is 4.92. The lowest BCUT2D eigenvalue weighted by atomic mass is 10.0. The Morgan fingerprint density at radius 1 is 1.00 bits per heavy atom. The number of Topliss-reactive ketones (excluding diaryl/α,β-unsaturated/α-hetero) is 1. The minimum absolute atomic E-state index is 0.101. The smallest absolute Gasteiger partial charge is 0.332 e. The molecule has 2 saturated heterocycles. The maximum Gasteiger partial charge on any atom is 0.460 e. The first-order chi connectivity index (χ1) is 17.0. The van der Waals surface area contributed by atoms with E-state index in [1.165, 1.54) is 17.0 Å². The number of halogens is 4. The molecule has 2 atom stereocenters. The van der Waals surface area contributed by atoms with Crippen LogP contribution in [0, 0.1) is 5.82 Å². The molecule has 12 heteroatoms. The first kappa shape index (κ1) is 23.6. The Morgan fingerprint density at radius 3 is 2.33 bits per heavy atom. The van der Waals surface area contributed by atoms with Gasteiger partial charge < -0.3 is 9.80 Å². The summed E-state index contributed by atoms with van der Waals surface area (Å²) in [5.74, 6) is -5.52. The highest BCUT2D eigenvalue weighted by atomic mass is 19.4. The number of hydrogen-bond acceptors (Lipinski definition) is 5. The summed E-state index contributed by atoms with van der Waals surface area (Å²) >= 11 is 0. The van der Waals surface area contributed by atoms with Gasteiger partial charge in [0.15, 0.2) is 0 Å². The van der Waals surface area contributed by atoms with E-state index in [1.807, 2.05) is 0 Å². The molecule has 0 saturated carbocycles. The molecule has 186 valence electrons. The molecule has 2 fully saturated rings. The third kappa shape index (κ3) is 4.01. The number of alkyl halides is 3. The average Bonchev–Trinajstić information content (AvgIpc) is 3.46. The van der Waals surface area contributed by atoms with Gasteiger partial charge in [0.25, 0.3) is 17.4 Å². The Kier molecular flexibility index (Phi) is 5.61. The number of hydrogen-bond donors (Lipinski definition) is 1. The zero-order valence-corrected chi connectivity index (χ0v) is 18.5. The summed E-state index contributed by atoms with van der Waals surface area (Å²) in [4.78, 5) is 50.6. The maximum absolute atomic E-state index is 14.7. The molecule has 0 spiro atoms. The molecule has 1 N–H and O–H groups in total. The number of likely N-dealkylation sites (tertiary alicyclic amines) is 2. The average molecular weight is 502 g/mol. The van der Waals surface area contributed by atoms with Crippen LogP contribution in [0.3, 0.4) is 0 Å². The minimum atomic E-state index is -5.27. The molecular weight excluding hydrogens is 484 g/mol. The maximum atomic E-state index is 14.7. The molecule has 0 aliphatic carbocycles. The fourth-order valence-corrected chi connectivity index (χ4v) is 4.92. The van der Waals surface area contributed by atoms with Crippen molar-refractivity contribution in [2.24, 2.45) is 0 Å². The fraction of sp³-hybridized carbons (Fsp3) is 0.292. The molecule has 3 aromatic rings. The summed E-state index contributed by atoms with van der Waals surface area (Å²) in [5, 5.41) is 7.58. The number of ketones is 1. The van der Waals surface area contributed by atoms with Crippen molar-refractivity contribution in [3.8, 4) is 0 Å². The Hall–Kier alpha value is -4.09. The molecule has 2 aromatic carbocycles. The number of carbonyl (C=O) groups excluding carboxylic acids is 3. The van der Waals surface area contributed by atoms with Crippen LogP contribution in [0.1, 0.15) is 28.0 Å². The van der Waals surface area contributed by atoms with Gasteiger partial charge in [-0.15, -0.1) is 0 Å². The van der Waals surface area contributed by atoms with Crippen molar-refractivity contribution >= 4 is 28.4 Å². The largest absolute Gasteiger partial charge is 0.460 e. The van der Waals surface area contributed by atoms with Crippen molar-refractivity contribution < 1.29 is 31.9 Å². The number of benzene rings is 2. The Labute approximate surface area is 200 Å². The third-order valence-corrected chi connectivity index (χ3v) is 6.62. The van der Waals surface area contributed by atoms with E-state index in [-0.39, 0.29) is 37.1 Å². The minimum Gasteiger partial charge on any atom is -0.332 e. The van der Waals surface area contributed by atoms with Crippen LogP contribution in [0.2, 0.25) is 0 Å². The van der Waals surface area contributed by atoms with Crippen molar-refractivity contribution in [1.82, 2.24) is 20.0 Å². The number of rotatable bonds is 4. The first-order valence-corrected chi connectivity index (χ1v) is 11.0. The predicted octanol–water partition coefficient (Wildman–Crippen LogP) is 2.21.